The van der Waals surface area contributed by atoms with E-state index in [-0.39, 0.29) is 17.6 Å². The van der Waals surface area contributed by atoms with Crippen molar-refractivity contribution < 1.29 is 4.79 Å². The molecule has 2 heteroatoms. The fourth-order valence-corrected chi connectivity index (χ4v) is 1.70. The third-order valence-corrected chi connectivity index (χ3v) is 2.85. The summed E-state index contributed by atoms with van der Waals surface area (Å²) in [4.78, 5) is 11.7. The molecule has 2 nitrogen and oxygen atoms in total. The van der Waals surface area contributed by atoms with Crippen molar-refractivity contribution in [2.45, 2.75) is 39.5 Å². The quantitative estimate of drug-likeness (QED) is 0.650. The second kappa shape index (κ2) is 4.41. The molecule has 0 amide bonds. The normalized spacial score (nSPS) is 20.4. The molecule has 2 atom stereocenters. The van der Waals surface area contributed by atoms with Crippen molar-refractivity contribution in [3.8, 4) is 6.07 Å². The second-order valence-electron chi connectivity index (χ2n) is 4.00. The lowest BCUT2D eigenvalue weighted by molar-refractivity contribution is -0.125. The van der Waals surface area contributed by atoms with Crippen molar-refractivity contribution in [1.29, 1.82) is 5.26 Å². The van der Waals surface area contributed by atoms with Gasteiger partial charge in [-0.3, -0.25) is 4.79 Å². The Bertz CT molecular complexity index is 225. The molecule has 0 radical (unpaired) electrons. The molecule has 0 heterocycles. The van der Waals surface area contributed by atoms with E-state index in [1.54, 1.807) is 0 Å². The molecule has 1 aliphatic rings. The zero-order valence-electron chi connectivity index (χ0n) is 8.42. The van der Waals surface area contributed by atoms with Crippen molar-refractivity contribution >= 4 is 5.78 Å². The molecule has 0 spiro atoms. The number of hydrogen-bond donors (Lipinski definition) is 0. The van der Waals surface area contributed by atoms with Gasteiger partial charge >= 0.3 is 0 Å². The van der Waals surface area contributed by atoms with Gasteiger partial charge in [0.05, 0.1) is 6.07 Å². The van der Waals surface area contributed by atoms with E-state index < -0.39 is 0 Å². The van der Waals surface area contributed by atoms with Crippen LogP contribution in [-0.2, 0) is 4.79 Å². The summed E-state index contributed by atoms with van der Waals surface area (Å²) < 4.78 is 0. The first kappa shape index (κ1) is 10.2. The fourth-order valence-electron chi connectivity index (χ4n) is 1.70. The maximum atomic E-state index is 11.7. The van der Waals surface area contributed by atoms with E-state index in [0.717, 1.165) is 12.8 Å². The molecular formula is C11H17NO. The number of carbonyl (C=O) groups is 1. The highest BCUT2D eigenvalue weighted by Crippen LogP contribution is 2.38. The highest BCUT2D eigenvalue weighted by atomic mass is 16.1. The molecule has 1 fully saturated rings. The van der Waals surface area contributed by atoms with E-state index in [1.165, 1.54) is 12.8 Å². The van der Waals surface area contributed by atoms with Gasteiger partial charge in [0.1, 0.15) is 5.92 Å². The van der Waals surface area contributed by atoms with Crippen molar-refractivity contribution in [2.24, 2.45) is 17.8 Å². The number of hydrogen-bond acceptors (Lipinski definition) is 2. The maximum Gasteiger partial charge on any atom is 0.153 e. The van der Waals surface area contributed by atoms with Crippen molar-refractivity contribution in [2.75, 3.05) is 0 Å². The van der Waals surface area contributed by atoms with Gasteiger partial charge in [-0.2, -0.15) is 5.26 Å². The fraction of sp³-hybridized carbons (Fsp3) is 0.818. The number of carbonyl (C=O) groups excluding carboxylic acids is 1. The molecule has 0 bridgehead atoms. The molecule has 1 saturated carbocycles. The lowest BCUT2D eigenvalue weighted by atomic mass is 9.89. The maximum absolute atomic E-state index is 11.7. The molecule has 0 aromatic heterocycles. The molecule has 0 saturated heterocycles. The summed E-state index contributed by atoms with van der Waals surface area (Å²) in [5.41, 5.74) is 0. The van der Waals surface area contributed by atoms with E-state index in [9.17, 15) is 4.79 Å². The average molecular weight is 179 g/mol. The Morgan fingerprint density at radius 2 is 2.23 bits per heavy atom. The average Bonchev–Trinajstić information content (AvgIpc) is 2.95. The summed E-state index contributed by atoms with van der Waals surface area (Å²) in [6.45, 7) is 3.99. The Hall–Kier alpha value is -0.840. The number of rotatable bonds is 5. The van der Waals surface area contributed by atoms with Crippen molar-refractivity contribution in [3.05, 3.63) is 0 Å². The summed E-state index contributed by atoms with van der Waals surface area (Å²) in [7, 11) is 0. The molecule has 0 aromatic rings. The Morgan fingerprint density at radius 1 is 1.62 bits per heavy atom. The van der Waals surface area contributed by atoms with E-state index in [2.05, 4.69) is 6.07 Å². The van der Waals surface area contributed by atoms with Gasteiger partial charge in [-0.1, -0.05) is 20.3 Å². The summed E-state index contributed by atoms with van der Waals surface area (Å²) in [5.74, 6) is 0.531. The number of Topliss-reactive ketones (excluding diaryl/α,β-unsaturated/α-hetero) is 1. The molecule has 1 aliphatic carbocycles. The number of nitriles is 1. The lowest BCUT2D eigenvalue weighted by Crippen LogP contribution is -2.21. The van der Waals surface area contributed by atoms with Crippen molar-refractivity contribution in [1.82, 2.24) is 0 Å². The van der Waals surface area contributed by atoms with Crippen LogP contribution in [0.3, 0.4) is 0 Å². The minimum Gasteiger partial charge on any atom is -0.298 e. The minimum absolute atomic E-state index is 0.121. The third kappa shape index (κ3) is 2.55. The zero-order chi connectivity index (χ0) is 9.84. The van der Waals surface area contributed by atoms with Crippen molar-refractivity contribution in [3.63, 3.8) is 0 Å². The van der Waals surface area contributed by atoms with Gasteiger partial charge in [-0.05, 0) is 25.2 Å². The highest BCUT2D eigenvalue weighted by molar-refractivity contribution is 5.85. The van der Waals surface area contributed by atoms with Crippen LogP contribution >= 0.6 is 0 Å². The van der Waals surface area contributed by atoms with Crippen LogP contribution in [0.5, 0.6) is 0 Å². The van der Waals surface area contributed by atoms with E-state index in [0.29, 0.717) is 5.92 Å². The molecular weight excluding hydrogens is 162 g/mol. The summed E-state index contributed by atoms with van der Waals surface area (Å²) in [6.07, 6.45) is 4.00. The summed E-state index contributed by atoms with van der Waals surface area (Å²) in [5, 5.41) is 8.81. The van der Waals surface area contributed by atoms with Crippen LogP contribution in [0.15, 0.2) is 0 Å². The van der Waals surface area contributed by atoms with Gasteiger partial charge in [0.2, 0.25) is 0 Å². The number of nitrogens with zero attached hydrogens (tertiary/aromatic N) is 1. The van der Waals surface area contributed by atoms with Crippen LogP contribution < -0.4 is 0 Å². The molecule has 1 rings (SSSR count). The van der Waals surface area contributed by atoms with Crippen LogP contribution in [0.25, 0.3) is 0 Å². The predicted molar refractivity (Wildman–Crippen MR) is 50.9 cm³/mol. The zero-order valence-corrected chi connectivity index (χ0v) is 8.42. The Morgan fingerprint density at radius 3 is 2.62 bits per heavy atom. The van der Waals surface area contributed by atoms with E-state index in [1.807, 2.05) is 13.8 Å². The smallest absolute Gasteiger partial charge is 0.153 e. The standard InChI is InChI=1S/C11H17NO/c1-3-4-10(7-12)11(13)8(2)9-5-6-9/h8-10H,3-6H2,1-2H3. The van der Waals surface area contributed by atoms with Crippen LogP contribution in [0.2, 0.25) is 0 Å². The largest absolute Gasteiger partial charge is 0.298 e. The minimum atomic E-state index is -0.347. The van der Waals surface area contributed by atoms with Crippen LogP contribution in [-0.4, -0.2) is 5.78 Å². The number of ketones is 1. The molecule has 0 aliphatic heterocycles. The summed E-state index contributed by atoms with van der Waals surface area (Å²) >= 11 is 0. The summed E-state index contributed by atoms with van der Waals surface area (Å²) in [6, 6.07) is 2.12. The van der Waals surface area contributed by atoms with Crippen LogP contribution in [0, 0.1) is 29.1 Å². The van der Waals surface area contributed by atoms with Gasteiger partial charge in [-0.15, -0.1) is 0 Å². The Kier molecular flexibility index (Phi) is 3.48. The first-order valence-corrected chi connectivity index (χ1v) is 5.14. The van der Waals surface area contributed by atoms with E-state index in [4.69, 9.17) is 5.26 Å². The Balaban J connectivity index is 2.47. The topological polar surface area (TPSA) is 40.9 Å². The third-order valence-electron chi connectivity index (χ3n) is 2.85. The molecule has 13 heavy (non-hydrogen) atoms. The molecule has 0 N–H and O–H groups in total. The highest BCUT2D eigenvalue weighted by Gasteiger charge is 2.35. The second-order valence-corrected chi connectivity index (χ2v) is 4.00. The molecule has 2 unspecified atom stereocenters. The SMILES string of the molecule is CCCC(C#N)C(=O)C(C)C1CC1. The molecule has 0 aromatic carbocycles. The predicted octanol–water partition coefficient (Wildman–Crippen LogP) is 2.54. The lowest BCUT2D eigenvalue weighted by Gasteiger charge is -2.12. The van der Waals surface area contributed by atoms with E-state index >= 15 is 0 Å². The Labute approximate surface area is 79.9 Å². The van der Waals surface area contributed by atoms with Gasteiger partial charge in [0.25, 0.3) is 0 Å². The first-order valence-electron chi connectivity index (χ1n) is 5.14. The monoisotopic (exact) mass is 179 g/mol. The van der Waals surface area contributed by atoms with Gasteiger partial charge in [0.15, 0.2) is 5.78 Å². The van der Waals surface area contributed by atoms with Crippen LogP contribution in [0.1, 0.15) is 39.5 Å². The van der Waals surface area contributed by atoms with Gasteiger partial charge in [0, 0.05) is 5.92 Å². The molecule has 72 valence electrons. The van der Waals surface area contributed by atoms with Crippen LogP contribution in [0.4, 0.5) is 0 Å². The van der Waals surface area contributed by atoms with Gasteiger partial charge in [-0.25, -0.2) is 0 Å². The van der Waals surface area contributed by atoms with Gasteiger partial charge < -0.3 is 0 Å². The first-order chi connectivity index (χ1) is 6.20.